The first-order valence-electron chi connectivity index (χ1n) is 10.9. The van der Waals surface area contributed by atoms with Gasteiger partial charge in [0.1, 0.15) is 23.0 Å². The van der Waals surface area contributed by atoms with Gasteiger partial charge in [0.25, 0.3) is 0 Å². The Bertz CT molecular complexity index is 915. The Kier molecular flexibility index (Phi) is 7.15. The lowest BCUT2D eigenvalue weighted by molar-refractivity contribution is -0.129. The summed E-state index contributed by atoms with van der Waals surface area (Å²) in [5.74, 6) is -2.98. The van der Waals surface area contributed by atoms with Crippen LogP contribution in [-0.4, -0.2) is 45.9 Å². The van der Waals surface area contributed by atoms with Crippen molar-refractivity contribution in [1.82, 2.24) is 0 Å². The molecule has 0 bridgehead atoms. The number of unbranched alkanes of at least 4 members (excludes halogenated alkanes) is 1. The van der Waals surface area contributed by atoms with E-state index < -0.39 is 17.5 Å². The zero-order valence-electron chi connectivity index (χ0n) is 18.0. The smallest absolute Gasteiger partial charge is 0.196 e. The first-order valence-corrected chi connectivity index (χ1v) is 10.9. The summed E-state index contributed by atoms with van der Waals surface area (Å²) in [7, 11) is 0. The number of allylic oxidation sites excluding steroid dienone is 2. The van der Waals surface area contributed by atoms with Gasteiger partial charge < -0.3 is 20.1 Å². The molecule has 0 spiro atoms. The van der Waals surface area contributed by atoms with Crippen molar-refractivity contribution >= 4 is 17.3 Å². The number of carbonyl (C=O) groups excluding carboxylic acids is 3. The number of hydrogen-bond donors (Lipinski definition) is 3. The van der Waals surface area contributed by atoms with Crippen LogP contribution in [0.2, 0.25) is 0 Å². The number of benzene rings is 1. The van der Waals surface area contributed by atoms with E-state index in [0.29, 0.717) is 30.8 Å². The highest BCUT2D eigenvalue weighted by molar-refractivity contribution is 6.14. The molecule has 7 nitrogen and oxygen atoms in total. The Labute approximate surface area is 181 Å². The topological polar surface area (TPSA) is 121 Å². The maximum Gasteiger partial charge on any atom is 0.196 e. The van der Waals surface area contributed by atoms with Gasteiger partial charge >= 0.3 is 0 Å². The monoisotopic (exact) mass is 430 g/mol. The molecule has 168 valence electrons. The molecule has 0 heterocycles. The summed E-state index contributed by atoms with van der Waals surface area (Å²) in [6, 6.07) is 3.06. The van der Waals surface area contributed by atoms with Crippen molar-refractivity contribution in [3.63, 3.8) is 0 Å². The van der Waals surface area contributed by atoms with Crippen LogP contribution in [0, 0.1) is 17.8 Å². The van der Waals surface area contributed by atoms with Crippen LogP contribution < -0.4 is 4.74 Å². The molecule has 2 aliphatic carbocycles. The van der Waals surface area contributed by atoms with Gasteiger partial charge in [-0.1, -0.05) is 13.3 Å². The largest absolute Gasteiger partial charge is 0.511 e. The maximum atomic E-state index is 13.4. The molecule has 3 unspecified atom stereocenters. The summed E-state index contributed by atoms with van der Waals surface area (Å²) >= 11 is 0. The van der Waals surface area contributed by atoms with Gasteiger partial charge in [-0.25, -0.2) is 0 Å². The Morgan fingerprint density at radius 3 is 2.61 bits per heavy atom. The molecule has 0 radical (unpaired) electrons. The number of aromatic hydroxyl groups is 1. The summed E-state index contributed by atoms with van der Waals surface area (Å²) < 4.78 is 5.86. The molecule has 0 aromatic heterocycles. The number of fused-ring (bicyclic) bond motifs is 2. The third kappa shape index (κ3) is 4.51. The van der Waals surface area contributed by atoms with Gasteiger partial charge in [0.2, 0.25) is 0 Å². The van der Waals surface area contributed by atoms with Crippen molar-refractivity contribution in [3.8, 4) is 11.5 Å². The van der Waals surface area contributed by atoms with E-state index in [2.05, 4.69) is 0 Å². The van der Waals surface area contributed by atoms with Crippen molar-refractivity contribution < 1.29 is 34.4 Å². The second-order valence-electron chi connectivity index (χ2n) is 8.50. The van der Waals surface area contributed by atoms with Gasteiger partial charge in [-0.05, 0) is 56.6 Å². The Balaban J connectivity index is 2.05. The highest BCUT2D eigenvalue weighted by atomic mass is 16.5. The van der Waals surface area contributed by atoms with Gasteiger partial charge in [0, 0.05) is 17.7 Å². The molecule has 3 N–H and O–H groups in total. The molecule has 2 aliphatic rings. The van der Waals surface area contributed by atoms with Crippen molar-refractivity contribution in [2.75, 3.05) is 13.2 Å². The van der Waals surface area contributed by atoms with E-state index in [1.54, 1.807) is 6.07 Å². The summed E-state index contributed by atoms with van der Waals surface area (Å²) in [5, 5.41) is 30.9. The third-order valence-corrected chi connectivity index (χ3v) is 6.23. The number of phenolic OH excluding ortho intramolecular Hbond substituents is 1. The molecule has 0 fully saturated rings. The molecule has 3 atom stereocenters. The van der Waals surface area contributed by atoms with E-state index in [4.69, 9.17) is 4.74 Å². The van der Waals surface area contributed by atoms with Crippen LogP contribution in [0.5, 0.6) is 11.5 Å². The molecule has 0 aliphatic heterocycles. The van der Waals surface area contributed by atoms with Crippen LogP contribution in [0.1, 0.15) is 61.9 Å². The van der Waals surface area contributed by atoms with E-state index in [1.165, 1.54) is 13.0 Å². The fraction of sp³-hybridized carbons (Fsp3) is 0.542. The molecule has 7 heteroatoms. The number of aliphatic hydroxyl groups excluding tert-OH is 2. The summed E-state index contributed by atoms with van der Waals surface area (Å²) in [6.07, 6.45) is 2.57. The number of rotatable bonds is 9. The average Bonchev–Trinajstić information content (AvgIpc) is 2.69. The minimum atomic E-state index is -1.00. The lowest BCUT2D eigenvalue weighted by Crippen LogP contribution is -2.39. The van der Waals surface area contributed by atoms with Gasteiger partial charge in [-0.2, -0.15) is 0 Å². The number of hydrogen-bond acceptors (Lipinski definition) is 7. The van der Waals surface area contributed by atoms with Crippen molar-refractivity contribution in [2.45, 2.75) is 52.4 Å². The standard InChI is InChI=1S/C24H30O7/c1-3-4-9-31-19-6-5-17(27)22-16(19)12-15-11-14(7-8-25)20(18(28)10-13(2)26)23(29)21(15)24(22)30/h5-6,14-15,20,25,27,29H,3-4,7-12H2,1-2H3. The zero-order valence-corrected chi connectivity index (χ0v) is 18.0. The van der Waals surface area contributed by atoms with E-state index in [9.17, 15) is 29.7 Å². The number of phenols is 1. The first-order chi connectivity index (χ1) is 14.8. The summed E-state index contributed by atoms with van der Waals surface area (Å²) in [4.78, 5) is 37.6. The number of ketones is 3. The fourth-order valence-corrected chi connectivity index (χ4v) is 4.84. The van der Waals surface area contributed by atoms with Crippen LogP contribution >= 0.6 is 0 Å². The molecule has 3 rings (SSSR count). The van der Waals surface area contributed by atoms with Crippen molar-refractivity contribution in [1.29, 1.82) is 0 Å². The van der Waals surface area contributed by atoms with E-state index in [0.717, 1.165) is 12.8 Å². The van der Waals surface area contributed by atoms with Crippen molar-refractivity contribution in [3.05, 3.63) is 34.6 Å². The van der Waals surface area contributed by atoms with E-state index in [1.807, 2.05) is 6.92 Å². The minimum absolute atomic E-state index is 0.102. The molecule has 0 saturated carbocycles. The molecular formula is C24H30O7. The highest BCUT2D eigenvalue weighted by Crippen LogP contribution is 2.48. The first kappa shape index (κ1) is 23.0. The number of ether oxygens (including phenoxy) is 1. The second-order valence-corrected chi connectivity index (χ2v) is 8.50. The lowest BCUT2D eigenvalue weighted by Gasteiger charge is -2.39. The zero-order chi connectivity index (χ0) is 22.7. The molecular weight excluding hydrogens is 400 g/mol. The van der Waals surface area contributed by atoms with Crippen molar-refractivity contribution in [2.24, 2.45) is 17.8 Å². The molecule has 0 amide bonds. The molecule has 1 aromatic rings. The second kappa shape index (κ2) is 9.64. The van der Waals surface area contributed by atoms with Crippen LogP contribution in [0.25, 0.3) is 0 Å². The third-order valence-electron chi connectivity index (χ3n) is 6.23. The predicted molar refractivity (Wildman–Crippen MR) is 113 cm³/mol. The van der Waals surface area contributed by atoms with Crippen LogP contribution in [0.3, 0.4) is 0 Å². The number of Topliss-reactive ketones (excluding diaryl/α,β-unsaturated/α-hetero) is 3. The molecule has 0 saturated heterocycles. The van der Waals surface area contributed by atoms with Gasteiger partial charge in [-0.15, -0.1) is 0 Å². The van der Waals surface area contributed by atoms with E-state index in [-0.39, 0.29) is 59.7 Å². The van der Waals surface area contributed by atoms with Gasteiger partial charge in [-0.3, -0.25) is 14.4 Å². The van der Waals surface area contributed by atoms with Gasteiger partial charge in [0.05, 0.1) is 24.5 Å². The number of aliphatic hydroxyl groups is 2. The van der Waals surface area contributed by atoms with E-state index >= 15 is 0 Å². The predicted octanol–water partition coefficient (Wildman–Crippen LogP) is 3.30. The number of carbonyl (C=O) groups is 3. The SMILES string of the molecule is CCCCOc1ccc(O)c2c1CC1CC(CCO)C(C(=O)CC(C)=O)C(O)=C1C2=O. The highest BCUT2D eigenvalue weighted by Gasteiger charge is 2.46. The Hall–Kier alpha value is -2.67. The lowest BCUT2D eigenvalue weighted by atomic mass is 9.64. The Morgan fingerprint density at radius 2 is 1.97 bits per heavy atom. The summed E-state index contributed by atoms with van der Waals surface area (Å²) in [6.45, 7) is 3.68. The quantitative estimate of drug-likeness (QED) is 0.406. The average molecular weight is 430 g/mol. The maximum absolute atomic E-state index is 13.4. The van der Waals surface area contributed by atoms with Crippen LogP contribution in [0.15, 0.2) is 23.5 Å². The minimum Gasteiger partial charge on any atom is -0.511 e. The fourth-order valence-electron chi connectivity index (χ4n) is 4.84. The summed E-state index contributed by atoms with van der Waals surface area (Å²) in [5.41, 5.74) is 0.841. The van der Waals surface area contributed by atoms with Crippen LogP contribution in [0.4, 0.5) is 0 Å². The van der Waals surface area contributed by atoms with Gasteiger partial charge in [0.15, 0.2) is 11.6 Å². The molecule has 31 heavy (non-hydrogen) atoms. The van der Waals surface area contributed by atoms with Crippen LogP contribution in [-0.2, 0) is 16.0 Å². The Morgan fingerprint density at radius 1 is 1.23 bits per heavy atom. The normalized spacial score (nSPS) is 22.7. The molecule has 1 aromatic carbocycles.